The maximum atomic E-state index is 4.36. The van der Waals surface area contributed by atoms with Gasteiger partial charge in [0, 0.05) is 18.2 Å². The predicted molar refractivity (Wildman–Crippen MR) is 80.7 cm³/mol. The van der Waals surface area contributed by atoms with Gasteiger partial charge in [-0.3, -0.25) is 4.98 Å². The van der Waals surface area contributed by atoms with Crippen molar-refractivity contribution in [3.05, 3.63) is 48.7 Å². The van der Waals surface area contributed by atoms with Crippen LogP contribution in [-0.2, 0) is 5.75 Å². The molecule has 2 heterocycles. The number of thioether (sulfide) groups is 1. The van der Waals surface area contributed by atoms with Crippen LogP contribution in [0.4, 0.5) is 5.82 Å². The van der Waals surface area contributed by atoms with Crippen LogP contribution in [0.5, 0.6) is 0 Å². The van der Waals surface area contributed by atoms with Crippen molar-refractivity contribution in [3.8, 4) is 0 Å². The Bertz CT molecular complexity index is 709. The van der Waals surface area contributed by atoms with Crippen LogP contribution in [0.15, 0.2) is 48.0 Å². The van der Waals surface area contributed by atoms with Gasteiger partial charge in [0.15, 0.2) is 0 Å². The average molecular weight is 283 g/mol. The molecular weight excluding hydrogens is 270 g/mol. The second kappa shape index (κ2) is 5.83. The third kappa shape index (κ3) is 2.70. The highest BCUT2D eigenvalue weighted by Gasteiger charge is 2.05. The van der Waals surface area contributed by atoms with E-state index in [1.165, 1.54) is 0 Å². The zero-order chi connectivity index (χ0) is 13.8. The summed E-state index contributed by atoms with van der Waals surface area (Å²) >= 11 is 1.64. The van der Waals surface area contributed by atoms with Gasteiger partial charge < -0.3 is 5.32 Å². The largest absolute Gasteiger partial charge is 0.372 e. The lowest BCUT2D eigenvalue weighted by Crippen LogP contribution is -1.96. The lowest BCUT2D eigenvalue weighted by Gasteiger charge is -2.04. The van der Waals surface area contributed by atoms with E-state index >= 15 is 0 Å². The fourth-order valence-electron chi connectivity index (χ4n) is 1.80. The lowest BCUT2D eigenvalue weighted by atomic mass is 10.2. The van der Waals surface area contributed by atoms with E-state index in [-0.39, 0.29) is 0 Å². The molecule has 2 aromatic heterocycles. The minimum absolute atomic E-state index is 0.734. The van der Waals surface area contributed by atoms with Crippen molar-refractivity contribution in [1.82, 2.24) is 19.9 Å². The summed E-state index contributed by atoms with van der Waals surface area (Å²) < 4.78 is 0. The Balaban J connectivity index is 1.79. The second-order valence-electron chi connectivity index (χ2n) is 4.13. The summed E-state index contributed by atoms with van der Waals surface area (Å²) in [5.41, 5.74) is 1.89. The quantitative estimate of drug-likeness (QED) is 0.587. The fourth-order valence-corrected chi connectivity index (χ4v) is 2.68. The molecule has 100 valence electrons. The molecule has 0 bridgehead atoms. The summed E-state index contributed by atoms with van der Waals surface area (Å²) in [5, 5.41) is 4.99. The maximum Gasteiger partial charge on any atom is 0.144 e. The van der Waals surface area contributed by atoms with Crippen LogP contribution < -0.4 is 5.32 Å². The molecule has 0 spiro atoms. The van der Waals surface area contributed by atoms with E-state index in [0.717, 1.165) is 33.2 Å². The Labute approximate surface area is 120 Å². The van der Waals surface area contributed by atoms with Gasteiger partial charge in [-0.15, -0.1) is 0 Å². The molecule has 0 aliphatic rings. The van der Waals surface area contributed by atoms with Gasteiger partial charge >= 0.3 is 0 Å². The van der Waals surface area contributed by atoms with Crippen molar-refractivity contribution in [2.75, 3.05) is 12.4 Å². The first-order valence-electron chi connectivity index (χ1n) is 6.18. The van der Waals surface area contributed by atoms with Gasteiger partial charge in [0.2, 0.25) is 0 Å². The minimum atomic E-state index is 0.734. The Morgan fingerprint density at radius 3 is 2.75 bits per heavy atom. The number of fused-ring (bicyclic) bond motifs is 1. The normalized spacial score (nSPS) is 10.7. The molecule has 0 radical (unpaired) electrons. The molecule has 3 rings (SSSR count). The molecule has 3 aromatic rings. The van der Waals surface area contributed by atoms with Gasteiger partial charge in [-0.05, 0) is 6.07 Å². The van der Waals surface area contributed by atoms with Crippen LogP contribution in [0, 0.1) is 0 Å². The van der Waals surface area contributed by atoms with E-state index in [0.29, 0.717) is 0 Å². The summed E-state index contributed by atoms with van der Waals surface area (Å²) in [6.07, 6.45) is 5.11. The molecule has 5 nitrogen and oxygen atoms in total. The molecular formula is C14H13N5S. The van der Waals surface area contributed by atoms with Crippen molar-refractivity contribution in [3.63, 3.8) is 0 Å². The molecule has 0 fully saturated rings. The molecule has 0 aliphatic carbocycles. The number of hydrogen-bond donors (Lipinski definition) is 1. The smallest absolute Gasteiger partial charge is 0.144 e. The molecule has 20 heavy (non-hydrogen) atoms. The Morgan fingerprint density at radius 1 is 1.05 bits per heavy atom. The van der Waals surface area contributed by atoms with E-state index < -0.39 is 0 Å². The van der Waals surface area contributed by atoms with Crippen molar-refractivity contribution < 1.29 is 0 Å². The van der Waals surface area contributed by atoms with Crippen LogP contribution in [0.3, 0.4) is 0 Å². The molecule has 0 aliphatic heterocycles. The highest BCUT2D eigenvalue weighted by Crippen LogP contribution is 2.26. The van der Waals surface area contributed by atoms with Gasteiger partial charge in [-0.25, -0.2) is 15.0 Å². The molecule has 1 aromatic carbocycles. The first-order chi connectivity index (χ1) is 9.86. The highest BCUT2D eigenvalue weighted by atomic mass is 32.2. The molecule has 6 heteroatoms. The number of benzene rings is 1. The van der Waals surface area contributed by atoms with E-state index in [1.54, 1.807) is 30.5 Å². The van der Waals surface area contributed by atoms with E-state index in [4.69, 9.17) is 0 Å². The minimum Gasteiger partial charge on any atom is -0.372 e. The number of aromatic nitrogens is 4. The van der Waals surface area contributed by atoms with Crippen LogP contribution in [-0.4, -0.2) is 27.0 Å². The maximum absolute atomic E-state index is 4.36. The summed E-state index contributed by atoms with van der Waals surface area (Å²) in [4.78, 5) is 17.2. The monoisotopic (exact) mass is 283 g/mol. The van der Waals surface area contributed by atoms with Crippen LogP contribution >= 0.6 is 11.8 Å². The Kier molecular flexibility index (Phi) is 3.73. The van der Waals surface area contributed by atoms with E-state index in [9.17, 15) is 0 Å². The topological polar surface area (TPSA) is 63.6 Å². The number of hydrogen-bond acceptors (Lipinski definition) is 6. The van der Waals surface area contributed by atoms with Gasteiger partial charge in [0.05, 0.1) is 23.6 Å². The predicted octanol–water partition coefficient (Wildman–Crippen LogP) is 2.75. The van der Waals surface area contributed by atoms with Crippen molar-refractivity contribution in [1.29, 1.82) is 0 Å². The third-order valence-corrected chi connectivity index (χ3v) is 3.86. The van der Waals surface area contributed by atoms with Crippen molar-refractivity contribution in [2.24, 2.45) is 0 Å². The third-order valence-electron chi connectivity index (χ3n) is 2.82. The molecule has 1 N–H and O–H groups in total. The zero-order valence-corrected chi connectivity index (χ0v) is 11.8. The highest BCUT2D eigenvalue weighted by molar-refractivity contribution is 7.98. The number of anilines is 1. The fraction of sp³-hybridized carbons (Fsp3) is 0.143. The standard InChI is InChI=1S/C14H13N5S/c1-15-13-7-16-10(6-17-13)8-20-14-11-4-2-3-5-12(11)18-9-19-14/h2-7,9H,8H2,1H3,(H,15,17). The summed E-state index contributed by atoms with van der Waals surface area (Å²) in [6, 6.07) is 8.00. The number of rotatable bonds is 4. The van der Waals surface area contributed by atoms with Gasteiger partial charge in [-0.2, -0.15) is 0 Å². The zero-order valence-electron chi connectivity index (χ0n) is 10.9. The first-order valence-corrected chi connectivity index (χ1v) is 7.16. The summed E-state index contributed by atoms with van der Waals surface area (Å²) in [5.74, 6) is 1.50. The number of para-hydroxylation sites is 1. The van der Waals surface area contributed by atoms with Crippen LogP contribution in [0.1, 0.15) is 5.69 Å². The van der Waals surface area contributed by atoms with Gasteiger partial charge in [-0.1, -0.05) is 30.0 Å². The molecule has 0 saturated heterocycles. The Hall–Kier alpha value is -2.21. The van der Waals surface area contributed by atoms with Gasteiger partial charge in [0.1, 0.15) is 17.2 Å². The van der Waals surface area contributed by atoms with Crippen LogP contribution in [0.25, 0.3) is 10.9 Å². The SMILES string of the molecule is CNc1cnc(CSc2ncnc3ccccc23)cn1. The summed E-state index contributed by atoms with van der Waals surface area (Å²) in [6.45, 7) is 0. The van der Waals surface area contributed by atoms with Crippen LogP contribution in [0.2, 0.25) is 0 Å². The van der Waals surface area contributed by atoms with Crippen molar-refractivity contribution >= 4 is 28.5 Å². The van der Waals surface area contributed by atoms with Crippen molar-refractivity contribution in [2.45, 2.75) is 10.8 Å². The molecule has 0 atom stereocenters. The lowest BCUT2D eigenvalue weighted by molar-refractivity contribution is 1.08. The molecule has 0 amide bonds. The van der Waals surface area contributed by atoms with Gasteiger partial charge in [0.25, 0.3) is 0 Å². The second-order valence-corrected chi connectivity index (χ2v) is 5.09. The molecule has 0 saturated carbocycles. The first kappa shape index (κ1) is 12.8. The number of nitrogens with zero attached hydrogens (tertiary/aromatic N) is 4. The molecule has 0 unspecified atom stereocenters. The Morgan fingerprint density at radius 2 is 1.95 bits per heavy atom. The average Bonchev–Trinajstić information content (AvgIpc) is 2.53. The van der Waals surface area contributed by atoms with E-state index in [2.05, 4.69) is 25.3 Å². The van der Waals surface area contributed by atoms with E-state index in [1.807, 2.05) is 31.3 Å². The summed E-state index contributed by atoms with van der Waals surface area (Å²) in [7, 11) is 1.82. The number of nitrogens with one attached hydrogen (secondary N) is 1.